The molecule has 0 spiro atoms. The van der Waals surface area contributed by atoms with Gasteiger partial charge in [0, 0.05) is 17.2 Å². The Labute approximate surface area is 108 Å². The number of nitrogens with one attached hydrogen (secondary N) is 1. The van der Waals surface area contributed by atoms with Crippen LogP contribution in [0.3, 0.4) is 0 Å². The molecule has 0 atom stereocenters. The zero-order valence-corrected chi connectivity index (χ0v) is 10.5. The Morgan fingerprint density at radius 1 is 1.61 bits per heavy atom. The van der Waals surface area contributed by atoms with Gasteiger partial charge in [-0.15, -0.1) is 11.8 Å². The summed E-state index contributed by atoms with van der Waals surface area (Å²) in [4.78, 5) is 16.3. The predicted molar refractivity (Wildman–Crippen MR) is 69.2 cm³/mol. The summed E-state index contributed by atoms with van der Waals surface area (Å²) < 4.78 is 4.85. The van der Waals surface area contributed by atoms with E-state index in [-0.39, 0.29) is 11.7 Å². The number of anilines is 2. The maximum absolute atomic E-state index is 11.6. The van der Waals surface area contributed by atoms with Gasteiger partial charge in [-0.05, 0) is 13.0 Å². The fraction of sp³-hybridized carbons (Fsp3) is 0.182. The lowest BCUT2D eigenvalue weighted by molar-refractivity contribution is -0.113. The molecule has 2 rings (SSSR count). The largest absolute Gasteiger partial charge is 0.397 e. The first-order chi connectivity index (χ1) is 8.65. The average molecular weight is 264 g/mol. The molecule has 0 fully saturated rings. The van der Waals surface area contributed by atoms with E-state index in [1.54, 1.807) is 31.5 Å². The molecule has 0 aromatic carbocycles. The van der Waals surface area contributed by atoms with Gasteiger partial charge in [0.15, 0.2) is 5.82 Å². The summed E-state index contributed by atoms with van der Waals surface area (Å²) in [6, 6.07) is 3.43. The number of aryl methyl sites for hydroxylation is 1. The van der Waals surface area contributed by atoms with Crippen molar-refractivity contribution in [3.05, 3.63) is 30.3 Å². The van der Waals surface area contributed by atoms with Crippen LogP contribution in [0, 0.1) is 6.92 Å². The summed E-state index contributed by atoms with van der Waals surface area (Å²) in [6.45, 7) is 1.76. The SMILES string of the molecule is Cc1cc(NC(=O)CSc2ccncc2N)no1. The van der Waals surface area contributed by atoms with Crippen molar-refractivity contribution in [3.63, 3.8) is 0 Å². The Balaban J connectivity index is 1.87. The molecular formula is C11H12N4O2S. The van der Waals surface area contributed by atoms with Crippen molar-refractivity contribution in [1.29, 1.82) is 0 Å². The highest BCUT2D eigenvalue weighted by Crippen LogP contribution is 2.23. The average Bonchev–Trinajstić information content (AvgIpc) is 2.74. The first kappa shape index (κ1) is 12.4. The molecule has 94 valence electrons. The fourth-order valence-corrected chi connectivity index (χ4v) is 2.01. The molecule has 1 amide bonds. The predicted octanol–water partition coefficient (Wildman–Crippen LogP) is 1.69. The molecule has 2 aromatic heterocycles. The number of nitrogens with two attached hydrogens (primary N) is 1. The van der Waals surface area contributed by atoms with Gasteiger partial charge in [0.05, 0.1) is 17.6 Å². The maximum atomic E-state index is 11.6. The van der Waals surface area contributed by atoms with E-state index in [1.165, 1.54) is 11.8 Å². The second-order valence-electron chi connectivity index (χ2n) is 3.57. The summed E-state index contributed by atoms with van der Waals surface area (Å²) in [5.41, 5.74) is 6.28. The van der Waals surface area contributed by atoms with E-state index in [2.05, 4.69) is 15.5 Å². The van der Waals surface area contributed by atoms with Crippen LogP contribution in [0.5, 0.6) is 0 Å². The lowest BCUT2D eigenvalue weighted by Gasteiger charge is -2.03. The zero-order chi connectivity index (χ0) is 13.0. The lowest BCUT2D eigenvalue weighted by atomic mass is 10.4. The number of aromatic nitrogens is 2. The molecule has 0 saturated carbocycles. The number of nitrogens with zero attached hydrogens (tertiary/aromatic N) is 2. The Bertz CT molecular complexity index is 555. The van der Waals surface area contributed by atoms with Crippen molar-refractivity contribution < 1.29 is 9.32 Å². The molecule has 18 heavy (non-hydrogen) atoms. The van der Waals surface area contributed by atoms with Gasteiger partial charge >= 0.3 is 0 Å². The van der Waals surface area contributed by atoms with Crippen LogP contribution < -0.4 is 11.1 Å². The van der Waals surface area contributed by atoms with Crippen LogP contribution in [0.1, 0.15) is 5.76 Å². The molecule has 7 heteroatoms. The number of thioether (sulfide) groups is 1. The Hall–Kier alpha value is -2.02. The number of hydrogen-bond donors (Lipinski definition) is 2. The summed E-state index contributed by atoms with van der Waals surface area (Å²) in [5.74, 6) is 1.15. The fourth-order valence-electron chi connectivity index (χ4n) is 1.27. The van der Waals surface area contributed by atoms with Crippen molar-refractivity contribution >= 4 is 29.2 Å². The normalized spacial score (nSPS) is 10.3. The Kier molecular flexibility index (Phi) is 3.83. The molecule has 2 aromatic rings. The van der Waals surface area contributed by atoms with Crippen LogP contribution in [-0.4, -0.2) is 21.8 Å². The molecule has 0 aliphatic carbocycles. The van der Waals surface area contributed by atoms with E-state index in [9.17, 15) is 4.79 Å². The van der Waals surface area contributed by atoms with Crippen LogP contribution >= 0.6 is 11.8 Å². The third kappa shape index (κ3) is 3.24. The number of nitrogen functional groups attached to an aromatic ring is 1. The highest BCUT2D eigenvalue weighted by molar-refractivity contribution is 8.00. The second kappa shape index (κ2) is 5.54. The molecule has 0 radical (unpaired) electrons. The van der Waals surface area contributed by atoms with E-state index in [4.69, 9.17) is 10.3 Å². The van der Waals surface area contributed by atoms with E-state index in [0.717, 1.165) is 4.90 Å². The first-order valence-electron chi connectivity index (χ1n) is 5.20. The van der Waals surface area contributed by atoms with Gasteiger partial charge in [-0.25, -0.2) is 0 Å². The number of amides is 1. The van der Waals surface area contributed by atoms with Crippen molar-refractivity contribution in [3.8, 4) is 0 Å². The third-order valence-electron chi connectivity index (χ3n) is 2.06. The molecule has 6 nitrogen and oxygen atoms in total. The van der Waals surface area contributed by atoms with Crippen molar-refractivity contribution in [2.24, 2.45) is 0 Å². The molecule has 0 unspecified atom stereocenters. The topological polar surface area (TPSA) is 94.0 Å². The molecule has 3 N–H and O–H groups in total. The first-order valence-corrected chi connectivity index (χ1v) is 6.19. The summed E-state index contributed by atoms with van der Waals surface area (Å²) in [7, 11) is 0. The molecule has 0 bridgehead atoms. The Morgan fingerprint density at radius 2 is 2.44 bits per heavy atom. The smallest absolute Gasteiger partial charge is 0.235 e. The van der Waals surface area contributed by atoms with Crippen LogP contribution in [0.2, 0.25) is 0 Å². The number of pyridine rings is 1. The third-order valence-corrected chi connectivity index (χ3v) is 3.15. The van der Waals surface area contributed by atoms with Gasteiger partial charge in [-0.3, -0.25) is 9.78 Å². The molecule has 0 aliphatic heterocycles. The van der Waals surface area contributed by atoms with Gasteiger partial charge in [0.2, 0.25) is 5.91 Å². The number of carbonyl (C=O) groups excluding carboxylic acids is 1. The minimum Gasteiger partial charge on any atom is -0.397 e. The van der Waals surface area contributed by atoms with E-state index >= 15 is 0 Å². The highest BCUT2D eigenvalue weighted by atomic mass is 32.2. The van der Waals surface area contributed by atoms with Gasteiger partial charge < -0.3 is 15.6 Å². The summed E-state index contributed by atoms with van der Waals surface area (Å²) >= 11 is 1.35. The number of rotatable bonds is 4. The van der Waals surface area contributed by atoms with Gasteiger partial charge in [-0.2, -0.15) is 0 Å². The van der Waals surface area contributed by atoms with Crippen molar-refractivity contribution in [2.45, 2.75) is 11.8 Å². The standard InChI is InChI=1S/C11H12N4O2S/c1-7-4-10(15-17-7)14-11(16)6-18-9-2-3-13-5-8(9)12/h2-5H,6,12H2,1H3,(H,14,15,16). The zero-order valence-electron chi connectivity index (χ0n) is 9.71. The van der Waals surface area contributed by atoms with Crippen LogP contribution in [0.25, 0.3) is 0 Å². The summed E-state index contributed by atoms with van der Waals surface area (Å²) in [6.07, 6.45) is 3.19. The number of carbonyl (C=O) groups is 1. The van der Waals surface area contributed by atoms with Gasteiger partial charge in [-0.1, -0.05) is 5.16 Å². The molecule has 0 aliphatic rings. The molecular weight excluding hydrogens is 252 g/mol. The lowest BCUT2D eigenvalue weighted by Crippen LogP contribution is -2.14. The van der Waals surface area contributed by atoms with E-state index < -0.39 is 0 Å². The Morgan fingerprint density at radius 3 is 3.11 bits per heavy atom. The monoisotopic (exact) mass is 264 g/mol. The van der Waals surface area contributed by atoms with Crippen LogP contribution in [0.4, 0.5) is 11.5 Å². The van der Waals surface area contributed by atoms with Crippen molar-refractivity contribution in [1.82, 2.24) is 10.1 Å². The second-order valence-corrected chi connectivity index (χ2v) is 4.59. The minimum absolute atomic E-state index is 0.162. The molecule has 2 heterocycles. The van der Waals surface area contributed by atoms with E-state index in [1.807, 2.05) is 0 Å². The number of hydrogen-bond acceptors (Lipinski definition) is 6. The maximum Gasteiger partial charge on any atom is 0.235 e. The quantitative estimate of drug-likeness (QED) is 0.816. The minimum atomic E-state index is -0.162. The van der Waals surface area contributed by atoms with Crippen LogP contribution in [-0.2, 0) is 4.79 Å². The van der Waals surface area contributed by atoms with E-state index in [0.29, 0.717) is 17.3 Å². The van der Waals surface area contributed by atoms with Gasteiger partial charge in [0.25, 0.3) is 0 Å². The van der Waals surface area contributed by atoms with Crippen LogP contribution in [0.15, 0.2) is 33.9 Å². The highest BCUT2D eigenvalue weighted by Gasteiger charge is 2.08. The van der Waals surface area contributed by atoms with Gasteiger partial charge in [0.1, 0.15) is 5.76 Å². The summed E-state index contributed by atoms with van der Waals surface area (Å²) in [5, 5.41) is 6.31. The van der Waals surface area contributed by atoms with Crippen molar-refractivity contribution in [2.75, 3.05) is 16.8 Å². The molecule has 0 saturated heterocycles.